The highest BCUT2D eigenvalue weighted by molar-refractivity contribution is 14.0. The summed E-state index contributed by atoms with van der Waals surface area (Å²) in [6.45, 7) is 6.82. The molecule has 8 heteroatoms. The molecule has 2 rings (SSSR count). The number of nitrogens with one attached hydrogen (secondary N) is 2. The highest BCUT2D eigenvalue weighted by atomic mass is 127. The molecule has 0 unspecified atom stereocenters. The number of halogens is 2. The summed E-state index contributed by atoms with van der Waals surface area (Å²) < 4.78 is 25.4. The Bertz CT molecular complexity index is 745. The van der Waals surface area contributed by atoms with Gasteiger partial charge in [-0.2, -0.15) is 0 Å². The van der Waals surface area contributed by atoms with Crippen molar-refractivity contribution in [2.75, 3.05) is 26.8 Å². The maximum absolute atomic E-state index is 14.3. The van der Waals surface area contributed by atoms with E-state index in [9.17, 15) is 4.39 Å². The molecule has 0 aliphatic rings. The van der Waals surface area contributed by atoms with E-state index >= 15 is 0 Å². The minimum atomic E-state index is -0.426. The van der Waals surface area contributed by atoms with Gasteiger partial charge in [0, 0.05) is 32.9 Å². The first-order valence-corrected chi connectivity index (χ1v) is 9.47. The lowest BCUT2D eigenvalue weighted by atomic mass is 10.1. The first-order valence-electron chi connectivity index (χ1n) is 9.47. The van der Waals surface area contributed by atoms with Crippen LogP contribution in [0.4, 0.5) is 4.39 Å². The Balaban J connectivity index is 0.00000420. The van der Waals surface area contributed by atoms with E-state index < -0.39 is 5.82 Å². The van der Waals surface area contributed by atoms with Gasteiger partial charge < -0.3 is 20.1 Å². The van der Waals surface area contributed by atoms with Crippen LogP contribution >= 0.6 is 24.0 Å². The van der Waals surface area contributed by atoms with Crippen molar-refractivity contribution in [3.8, 4) is 11.5 Å². The summed E-state index contributed by atoms with van der Waals surface area (Å²) in [5.41, 5.74) is 0.784. The van der Waals surface area contributed by atoms with Gasteiger partial charge in [-0.3, -0.25) is 9.98 Å². The number of nitrogens with zero attached hydrogens (tertiary/aromatic N) is 2. The van der Waals surface area contributed by atoms with E-state index in [1.54, 1.807) is 31.4 Å². The Hall–Kier alpha value is -1.94. The standard InChI is InChI=1S/C21H29FN4O2.HI/c1-16(2)8-11-27-12-10-25-21(23-3)26-14-17-6-7-20(19(22)13-17)28-18-5-4-9-24-15-18;/h4-7,9,13,15-16H,8,10-12,14H2,1-3H3,(H2,23,25,26);1H. The van der Waals surface area contributed by atoms with E-state index in [1.807, 2.05) is 6.07 Å². The van der Waals surface area contributed by atoms with Crippen molar-refractivity contribution in [1.82, 2.24) is 15.6 Å². The van der Waals surface area contributed by atoms with Crippen LogP contribution in [0.2, 0.25) is 0 Å². The highest BCUT2D eigenvalue weighted by Crippen LogP contribution is 2.24. The largest absolute Gasteiger partial charge is 0.453 e. The molecular weight excluding hydrogens is 486 g/mol. The molecule has 0 fully saturated rings. The number of aromatic nitrogens is 1. The molecule has 2 N–H and O–H groups in total. The summed E-state index contributed by atoms with van der Waals surface area (Å²) in [4.78, 5) is 8.11. The number of ether oxygens (including phenoxy) is 2. The molecule has 6 nitrogen and oxygen atoms in total. The minimum absolute atomic E-state index is 0. The zero-order valence-electron chi connectivity index (χ0n) is 17.2. The van der Waals surface area contributed by atoms with Crippen LogP contribution in [0.5, 0.6) is 11.5 Å². The summed E-state index contributed by atoms with van der Waals surface area (Å²) in [5, 5.41) is 6.33. The van der Waals surface area contributed by atoms with Gasteiger partial charge in [-0.1, -0.05) is 19.9 Å². The monoisotopic (exact) mass is 516 g/mol. The summed E-state index contributed by atoms with van der Waals surface area (Å²) in [6, 6.07) is 8.33. The summed E-state index contributed by atoms with van der Waals surface area (Å²) in [5.74, 6) is 1.52. The second-order valence-corrected chi connectivity index (χ2v) is 6.70. The van der Waals surface area contributed by atoms with Crippen molar-refractivity contribution >= 4 is 29.9 Å². The van der Waals surface area contributed by atoms with Crippen molar-refractivity contribution in [1.29, 1.82) is 0 Å². The summed E-state index contributed by atoms with van der Waals surface area (Å²) in [6.07, 6.45) is 4.23. The van der Waals surface area contributed by atoms with Gasteiger partial charge in [-0.05, 0) is 42.2 Å². The van der Waals surface area contributed by atoms with Gasteiger partial charge in [0.15, 0.2) is 17.5 Å². The summed E-state index contributed by atoms with van der Waals surface area (Å²) >= 11 is 0. The second kappa shape index (κ2) is 14.1. The fourth-order valence-corrected chi connectivity index (χ4v) is 2.34. The van der Waals surface area contributed by atoms with Crippen molar-refractivity contribution in [2.24, 2.45) is 10.9 Å². The smallest absolute Gasteiger partial charge is 0.191 e. The molecule has 0 atom stereocenters. The van der Waals surface area contributed by atoms with Gasteiger partial charge >= 0.3 is 0 Å². The molecule has 0 saturated carbocycles. The molecule has 0 spiro atoms. The van der Waals surface area contributed by atoms with E-state index in [2.05, 4.69) is 34.5 Å². The number of pyridine rings is 1. The van der Waals surface area contributed by atoms with Gasteiger partial charge in [0.05, 0.1) is 12.8 Å². The lowest BCUT2D eigenvalue weighted by molar-refractivity contribution is 0.128. The lowest BCUT2D eigenvalue weighted by Crippen LogP contribution is -2.38. The molecule has 0 radical (unpaired) electrons. The first kappa shape index (κ1) is 25.1. The summed E-state index contributed by atoms with van der Waals surface area (Å²) in [7, 11) is 1.69. The maximum atomic E-state index is 14.3. The number of hydrogen-bond acceptors (Lipinski definition) is 4. The van der Waals surface area contributed by atoms with E-state index in [0.717, 1.165) is 18.6 Å². The SMILES string of the molecule is CN=C(NCCOCCC(C)C)NCc1ccc(Oc2cccnc2)c(F)c1.I. The Morgan fingerprint density at radius 1 is 1.21 bits per heavy atom. The molecule has 160 valence electrons. The molecule has 0 bridgehead atoms. The first-order chi connectivity index (χ1) is 13.6. The zero-order chi connectivity index (χ0) is 20.2. The van der Waals surface area contributed by atoms with E-state index in [4.69, 9.17) is 9.47 Å². The Kier molecular flexibility index (Phi) is 12.2. The predicted octanol–water partition coefficient (Wildman–Crippen LogP) is 4.36. The van der Waals surface area contributed by atoms with Crippen molar-refractivity contribution in [2.45, 2.75) is 26.8 Å². The lowest BCUT2D eigenvalue weighted by Gasteiger charge is -2.13. The quantitative estimate of drug-likeness (QED) is 0.213. The molecular formula is C21H30FIN4O2. The average molecular weight is 516 g/mol. The Morgan fingerprint density at radius 2 is 2.03 bits per heavy atom. The number of hydrogen-bond donors (Lipinski definition) is 2. The van der Waals surface area contributed by atoms with E-state index in [1.165, 1.54) is 12.3 Å². The minimum Gasteiger partial charge on any atom is -0.453 e. The van der Waals surface area contributed by atoms with Gasteiger partial charge in [-0.15, -0.1) is 24.0 Å². The van der Waals surface area contributed by atoms with Crippen LogP contribution in [-0.2, 0) is 11.3 Å². The third-order valence-corrected chi connectivity index (χ3v) is 3.92. The molecule has 0 amide bonds. The van der Waals surface area contributed by atoms with Crippen LogP contribution in [-0.4, -0.2) is 37.7 Å². The third kappa shape index (κ3) is 9.89. The van der Waals surface area contributed by atoms with Gasteiger partial charge in [0.2, 0.25) is 0 Å². The topological polar surface area (TPSA) is 67.8 Å². The molecule has 2 aromatic rings. The van der Waals surface area contributed by atoms with Crippen LogP contribution in [0, 0.1) is 11.7 Å². The maximum Gasteiger partial charge on any atom is 0.191 e. The average Bonchev–Trinajstić information content (AvgIpc) is 2.69. The predicted molar refractivity (Wildman–Crippen MR) is 125 cm³/mol. The van der Waals surface area contributed by atoms with Gasteiger partial charge in [0.1, 0.15) is 5.75 Å². The van der Waals surface area contributed by atoms with E-state index in [0.29, 0.717) is 37.3 Å². The molecule has 1 aromatic heterocycles. The van der Waals surface area contributed by atoms with E-state index in [-0.39, 0.29) is 29.7 Å². The van der Waals surface area contributed by atoms with Crippen LogP contribution in [0.25, 0.3) is 0 Å². The number of benzene rings is 1. The van der Waals surface area contributed by atoms with Crippen molar-refractivity contribution in [3.05, 3.63) is 54.1 Å². The molecule has 0 saturated heterocycles. The number of rotatable bonds is 10. The van der Waals surface area contributed by atoms with Crippen LogP contribution < -0.4 is 15.4 Å². The van der Waals surface area contributed by atoms with Crippen LogP contribution in [0.15, 0.2) is 47.7 Å². The molecule has 29 heavy (non-hydrogen) atoms. The molecule has 0 aliphatic heterocycles. The highest BCUT2D eigenvalue weighted by Gasteiger charge is 2.07. The van der Waals surface area contributed by atoms with Crippen LogP contribution in [0.3, 0.4) is 0 Å². The van der Waals surface area contributed by atoms with Crippen LogP contribution in [0.1, 0.15) is 25.8 Å². The Morgan fingerprint density at radius 3 is 2.69 bits per heavy atom. The van der Waals surface area contributed by atoms with Gasteiger partial charge in [-0.25, -0.2) is 4.39 Å². The van der Waals surface area contributed by atoms with Gasteiger partial charge in [0.25, 0.3) is 0 Å². The molecule has 0 aliphatic carbocycles. The number of aliphatic imine (C=N–C) groups is 1. The van der Waals surface area contributed by atoms with Crippen molar-refractivity contribution in [3.63, 3.8) is 0 Å². The number of guanidine groups is 1. The fraction of sp³-hybridized carbons (Fsp3) is 0.429. The molecule has 1 aromatic carbocycles. The third-order valence-electron chi connectivity index (χ3n) is 3.92. The Labute approximate surface area is 189 Å². The van der Waals surface area contributed by atoms with Crippen molar-refractivity contribution < 1.29 is 13.9 Å². The molecule has 1 heterocycles. The normalized spacial score (nSPS) is 11.1. The zero-order valence-corrected chi connectivity index (χ0v) is 19.5. The fourth-order valence-electron chi connectivity index (χ4n) is 2.34. The second-order valence-electron chi connectivity index (χ2n) is 6.70.